The molecule has 0 aliphatic rings. The van der Waals surface area contributed by atoms with Gasteiger partial charge in [-0.05, 0) is 6.42 Å². The van der Waals surface area contributed by atoms with Crippen LogP contribution in [0.5, 0.6) is 0 Å². The SMILES string of the molecule is O=C(OCCCC(F)(F)F)n1ccnc1. The van der Waals surface area contributed by atoms with E-state index in [1.165, 1.54) is 18.7 Å². The maximum absolute atomic E-state index is 11.7. The van der Waals surface area contributed by atoms with Crippen LogP contribution >= 0.6 is 0 Å². The van der Waals surface area contributed by atoms with Gasteiger partial charge in [-0.1, -0.05) is 0 Å². The molecule has 0 fully saturated rings. The van der Waals surface area contributed by atoms with Gasteiger partial charge in [0.25, 0.3) is 0 Å². The number of ether oxygens (including phenoxy) is 1. The number of nitrogens with zero attached hydrogens (tertiary/aromatic N) is 2. The molecule has 0 aromatic carbocycles. The monoisotopic (exact) mass is 222 g/mol. The number of hydrogen-bond acceptors (Lipinski definition) is 3. The van der Waals surface area contributed by atoms with Crippen LogP contribution in [0.1, 0.15) is 12.8 Å². The van der Waals surface area contributed by atoms with Gasteiger partial charge in [-0.2, -0.15) is 13.2 Å². The molecular weight excluding hydrogens is 213 g/mol. The lowest BCUT2D eigenvalue weighted by molar-refractivity contribution is -0.137. The molecule has 1 rings (SSSR count). The molecule has 0 saturated heterocycles. The fourth-order valence-electron chi connectivity index (χ4n) is 0.874. The van der Waals surface area contributed by atoms with Crippen molar-refractivity contribution < 1.29 is 22.7 Å². The summed E-state index contributed by atoms with van der Waals surface area (Å²) in [6.45, 7) is -0.253. The van der Waals surface area contributed by atoms with Crippen LogP contribution in [-0.4, -0.2) is 28.4 Å². The summed E-state index contributed by atoms with van der Waals surface area (Å²) in [7, 11) is 0. The summed E-state index contributed by atoms with van der Waals surface area (Å²) in [6.07, 6.45) is -2.18. The van der Waals surface area contributed by atoms with Gasteiger partial charge in [0.15, 0.2) is 0 Å². The first-order valence-electron chi connectivity index (χ1n) is 4.21. The quantitative estimate of drug-likeness (QED) is 0.736. The molecule has 0 aliphatic carbocycles. The first-order valence-corrected chi connectivity index (χ1v) is 4.21. The second kappa shape index (κ2) is 4.81. The molecule has 0 N–H and O–H groups in total. The third-order valence-corrected chi connectivity index (χ3v) is 1.55. The third-order valence-electron chi connectivity index (χ3n) is 1.55. The highest BCUT2D eigenvalue weighted by molar-refractivity contribution is 5.69. The lowest BCUT2D eigenvalue weighted by atomic mass is 10.3. The van der Waals surface area contributed by atoms with Crippen LogP contribution in [-0.2, 0) is 4.74 Å². The van der Waals surface area contributed by atoms with E-state index in [0.29, 0.717) is 0 Å². The van der Waals surface area contributed by atoms with Crippen LogP contribution < -0.4 is 0 Å². The van der Waals surface area contributed by atoms with Gasteiger partial charge < -0.3 is 4.74 Å². The van der Waals surface area contributed by atoms with E-state index in [1.807, 2.05) is 0 Å². The van der Waals surface area contributed by atoms with E-state index in [9.17, 15) is 18.0 Å². The number of aromatic nitrogens is 2. The maximum Gasteiger partial charge on any atom is 0.419 e. The Bertz CT molecular complexity index is 308. The van der Waals surface area contributed by atoms with Crippen LogP contribution in [0, 0.1) is 0 Å². The minimum Gasteiger partial charge on any atom is -0.449 e. The predicted octanol–water partition coefficient (Wildman–Crippen LogP) is 2.21. The van der Waals surface area contributed by atoms with E-state index < -0.39 is 18.7 Å². The number of halogens is 3. The van der Waals surface area contributed by atoms with Gasteiger partial charge in [-0.15, -0.1) is 0 Å². The highest BCUT2D eigenvalue weighted by atomic mass is 19.4. The molecular formula is C8H9F3N2O2. The second-order valence-corrected chi connectivity index (χ2v) is 2.80. The van der Waals surface area contributed by atoms with Crippen molar-refractivity contribution in [2.75, 3.05) is 6.61 Å². The molecule has 0 bridgehead atoms. The summed E-state index contributed by atoms with van der Waals surface area (Å²) in [4.78, 5) is 14.6. The van der Waals surface area contributed by atoms with Crippen molar-refractivity contribution in [2.45, 2.75) is 19.0 Å². The van der Waals surface area contributed by atoms with Gasteiger partial charge >= 0.3 is 12.3 Å². The zero-order valence-electron chi connectivity index (χ0n) is 7.70. The van der Waals surface area contributed by atoms with Crippen molar-refractivity contribution in [1.82, 2.24) is 9.55 Å². The summed E-state index contributed by atoms with van der Waals surface area (Å²) in [5.74, 6) is 0. The summed E-state index contributed by atoms with van der Waals surface area (Å²) < 4.78 is 40.7. The Morgan fingerprint density at radius 2 is 2.20 bits per heavy atom. The first-order chi connectivity index (χ1) is 6.99. The predicted molar refractivity (Wildman–Crippen MR) is 44.3 cm³/mol. The van der Waals surface area contributed by atoms with Gasteiger partial charge in [0.1, 0.15) is 6.33 Å². The van der Waals surface area contributed by atoms with E-state index in [-0.39, 0.29) is 13.0 Å². The lowest BCUT2D eigenvalue weighted by Gasteiger charge is -2.06. The second-order valence-electron chi connectivity index (χ2n) is 2.80. The third kappa shape index (κ3) is 4.48. The standard InChI is InChI=1S/C8H9F3N2O2/c9-8(10,11)2-1-5-15-7(14)13-4-3-12-6-13/h3-4,6H,1-2,5H2. The summed E-state index contributed by atoms with van der Waals surface area (Å²) in [6, 6.07) is 0. The van der Waals surface area contributed by atoms with Crippen molar-refractivity contribution in [1.29, 1.82) is 0 Å². The van der Waals surface area contributed by atoms with E-state index in [0.717, 1.165) is 4.57 Å². The Balaban J connectivity index is 2.19. The van der Waals surface area contributed by atoms with Crippen molar-refractivity contribution in [3.8, 4) is 0 Å². The molecule has 0 spiro atoms. The Kier molecular flexibility index (Phi) is 3.70. The molecule has 0 unspecified atom stereocenters. The number of hydrogen-bond donors (Lipinski definition) is 0. The average molecular weight is 222 g/mol. The van der Waals surface area contributed by atoms with Crippen LogP contribution in [0.2, 0.25) is 0 Å². The maximum atomic E-state index is 11.7. The normalized spacial score (nSPS) is 11.4. The minimum atomic E-state index is -4.21. The number of carbonyl (C=O) groups is 1. The summed E-state index contributed by atoms with van der Waals surface area (Å²) >= 11 is 0. The van der Waals surface area contributed by atoms with Crippen molar-refractivity contribution in [3.05, 3.63) is 18.7 Å². The minimum absolute atomic E-state index is 0.232. The molecule has 84 valence electrons. The molecule has 0 atom stereocenters. The fraction of sp³-hybridized carbons (Fsp3) is 0.500. The van der Waals surface area contributed by atoms with Crippen molar-refractivity contribution in [3.63, 3.8) is 0 Å². The summed E-state index contributed by atoms with van der Waals surface area (Å²) in [5, 5.41) is 0. The van der Waals surface area contributed by atoms with Gasteiger partial charge in [0, 0.05) is 18.8 Å². The molecule has 15 heavy (non-hydrogen) atoms. The van der Waals surface area contributed by atoms with Gasteiger partial charge in [-0.25, -0.2) is 14.3 Å². The van der Waals surface area contributed by atoms with Crippen LogP contribution in [0.3, 0.4) is 0 Å². The van der Waals surface area contributed by atoms with Crippen LogP contribution in [0.25, 0.3) is 0 Å². The zero-order chi connectivity index (χ0) is 11.3. The van der Waals surface area contributed by atoms with E-state index in [4.69, 9.17) is 0 Å². The van der Waals surface area contributed by atoms with E-state index in [1.54, 1.807) is 0 Å². The molecule has 0 saturated carbocycles. The number of rotatable bonds is 3. The number of imidazole rings is 1. The largest absolute Gasteiger partial charge is 0.449 e. The van der Waals surface area contributed by atoms with Crippen molar-refractivity contribution in [2.24, 2.45) is 0 Å². The molecule has 1 aromatic heterocycles. The molecule has 0 amide bonds. The Hall–Kier alpha value is -1.53. The fourth-order valence-corrected chi connectivity index (χ4v) is 0.874. The van der Waals surface area contributed by atoms with Crippen LogP contribution in [0.15, 0.2) is 18.7 Å². The van der Waals surface area contributed by atoms with Crippen LogP contribution in [0.4, 0.5) is 18.0 Å². The molecule has 4 nitrogen and oxygen atoms in total. The van der Waals surface area contributed by atoms with Crippen molar-refractivity contribution >= 4 is 6.09 Å². The van der Waals surface area contributed by atoms with Gasteiger partial charge in [0.05, 0.1) is 6.61 Å². The first kappa shape index (κ1) is 11.5. The molecule has 0 aliphatic heterocycles. The topological polar surface area (TPSA) is 44.1 Å². The summed E-state index contributed by atoms with van der Waals surface area (Å²) in [5.41, 5.74) is 0. The molecule has 1 aromatic rings. The lowest BCUT2D eigenvalue weighted by Crippen LogP contribution is -2.14. The molecule has 0 radical (unpaired) electrons. The van der Waals surface area contributed by atoms with Gasteiger partial charge in [-0.3, -0.25) is 0 Å². The Morgan fingerprint density at radius 3 is 2.73 bits per heavy atom. The Labute approximate surface area is 83.7 Å². The zero-order valence-corrected chi connectivity index (χ0v) is 7.70. The van der Waals surface area contributed by atoms with Gasteiger partial charge in [0.2, 0.25) is 0 Å². The highest BCUT2D eigenvalue weighted by Crippen LogP contribution is 2.20. The molecule has 7 heteroatoms. The Morgan fingerprint density at radius 1 is 1.47 bits per heavy atom. The number of alkyl halides is 3. The van der Waals surface area contributed by atoms with E-state index >= 15 is 0 Å². The van der Waals surface area contributed by atoms with E-state index in [2.05, 4.69) is 9.72 Å². The molecule has 1 heterocycles. The highest BCUT2D eigenvalue weighted by Gasteiger charge is 2.26. The smallest absolute Gasteiger partial charge is 0.419 e. The average Bonchev–Trinajstić information content (AvgIpc) is 2.63. The number of carbonyl (C=O) groups excluding carboxylic acids is 1.